The van der Waals surface area contributed by atoms with Crippen LogP contribution in [0.1, 0.15) is 42.5 Å². The minimum atomic E-state index is -0.781. The number of rotatable bonds is 7. The van der Waals surface area contributed by atoms with Crippen molar-refractivity contribution in [2.24, 2.45) is 0 Å². The highest BCUT2D eigenvalue weighted by Gasteiger charge is 2.10. The van der Waals surface area contributed by atoms with Gasteiger partial charge in [0, 0.05) is 17.8 Å². The normalized spacial score (nSPS) is 10.6. The predicted octanol–water partition coefficient (Wildman–Crippen LogP) is 2.75. The molecule has 1 heterocycles. The lowest BCUT2D eigenvalue weighted by Crippen LogP contribution is -2.07. The first kappa shape index (κ1) is 15.0. The smallest absolute Gasteiger partial charge is 0.303 e. The molecule has 0 aliphatic rings. The molecule has 0 amide bonds. The molecule has 100 valence electrons. The lowest BCUT2D eigenvalue weighted by atomic mass is 10.1. The third kappa shape index (κ3) is 4.64. The molecule has 0 aliphatic heterocycles. The molecule has 0 radical (unpaired) electrons. The number of aryl methyl sites for hydroxylation is 2. The number of nitrogens with zero attached hydrogens (tertiary/aromatic N) is 2. The molecule has 0 saturated heterocycles. The van der Waals surface area contributed by atoms with Crippen molar-refractivity contribution in [1.29, 1.82) is 0 Å². The summed E-state index contributed by atoms with van der Waals surface area (Å²) in [5, 5.41) is 8.71. The summed E-state index contributed by atoms with van der Waals surface area (Å²) in [5.41, 5.74) is 2.80. The van der Waals surface area contributed by atoms with Crippen LogP contribution >= 0.6 is 11.8 Å². The van der Waals surface area contributed by atoms with E-state index in [4.69, 9.17) is 5.11 Å². The van der Waals surface area contributed by atoms with E-state index in [1.54, 1.807) is 0 Å². The van der Waals surface area contributed by atoms with Crippen LogP contribution in [0.4, 0.5) is 0 Å². The number of aromatic nitrogens is 2. The third-order valence-electron chi connectivity index (χ3n) is 2.64. The maximum Gasteiger partial charge on any atom is 0.303 e. The van der Waals surface area contributed by atoms with Gasteiger partial charge < -0.3 is 5.11 Å². The van der Waals surface area contributed by atoms with Gasteiger partial charge >= 0.3 is 5.97 Å². The maximum atomic E-state index is 10.6. The number of hydrogen-bond acceptors (Lipinski definition) is 4. The van der Waals surface area contributed by atoms with Gasteiger partial charge in [-0.15, -0.1) is 0 Å². The summed E-state index contributed by atoms with van der Waals surface area (Å²) in [7, 11) is 0. The molecule has 0 fully saturated rings. The lowest BCUT2D eigenvalue weighted by Gasteiger charge is -2.09. The molecule has 1 aromatic heterocycles. The summed E-state index contributed by atoms with van der Waals surface area (Å²) < 4.78 is 0. The molecule has 5 heteroatoms. The van der Waals surface area contributed by atoms with Gasteiger partial charge in [0.15, 0.2) is 0 Å². The van der Waals surface area contributed by atoms with E-state index in [0.29, 0.717) is 6.42 Å². The second kappa shape index (κ2) is 7.36. The van der Waals surface area contributed by atoms with Crippen LogP contribution in [0.5, 0.6) is 0 Å². The van der Waals surface area contributed by atoms with Crippen molar-refractivity contribution in [3.63, 3.8) is 0 Å². The Morgan fingerprint density at radius 2 is 1.89 bits per heavy atom. The standard InChI is InChI=1S/C13H20N2O2S/c1-4-7-18-8-12-14-9(2)11(10(3)15-12)5-6-13(16)17/h4-8H2,1-3H3,(H,16,17). The molecule has 1 N–H and O–H groups in total. The van der Waals surface area contributed by atoms with Gasteiger partial charge in [0.1, 0.15) is 5.82 Å². The molecule has 1 rings (SSSR count). The monoisotopic (exact) mass is 268 g/mol. The molecule has 0 bridgehead atoms. The molecule has 18 heavy (non-hydrogen) atoms. The van der Waals surface area contributed by atoms with E-state index in [9.17, 15) is 4.79 Å². The molecule has 0 atom stereocenters. The van der Waals surface area contributed by atoms with Gasteiger partial charge in [0.05, 0.1) is 5.75 Å². The fraction of sp³-hybridized carbons (Fsp3) is 0.615. The summed E-state index contributed by atoms with van der Waals surface area (Å²) in [6.45, 7) is 6.01. The van der Waals surface area contributed by atoms with Gasteiger partial charge in [-0.3, -0.25) is 4.79 Å². The Bertz CT molecular complexity index is 398. The van der Waals surface area contributed by atoms with Gasteiger partial charge in [-0.2, -0.15) is 11.8 Å². The Labute approximate surface area is 112 Å². The number of carbonyl (C=O) groups is 1. The van der Waals surface area contributed by atoms with E-state index in [-0.39, 0.29) is 6.42 Å². The second-order valence-corrected chi connectivity index (χ2v) is 5.34. The van der Waals surface area contributed by atoms with Crippen molar-refractivity contribution in [1.82, 2.24) is 9.97 Å². The van der Waals surface area contributed by atoms with Gasteiger partial charge in [-0.25, -0.2) is 9.97 Å². The highest BCUT2D eigenvalue weighted by atomic mass is 32.2. The number of carboxylic acids is 1. The topological polar surface area (TPSA) is 63.1 Å². The Hall–Kier alpha value is -1.10. The number of aliphatic carboxylic acids is 1. The molecule has 0 aliphatic carbocycles. The van der Waals surface area contributed by atoms with E-state index < -0.39 is 5.97 Å². The minimum Gasteiger partial charge on any atom is -0.481 e. The zero-order chi connectivity index (χ0) is 13.5. The van der Waals surface area contributed by atoms with Crippen LogP contribution in [0, 0.1) is 13.8 Å². The van der Waals surface area contributed by atoms with Crippen LogP contribution in [-0.4, -0.2) is 26.8 Å². The molecule has 0 saturated carbocycles. The fourth-order valence-corrected chi connectivity index (χ4v) is 2.52. The second-order valence-electron chi connectivity index (χ2n) is 4.24. The Morgan fingerprint density at radius 3 is 2.39 bits per heavy atom. The van der Waals surface area contributed by atoms with Crippen LogP contribution in [0.25, 0.3) is 0 Å². The van der Waals surface area contributed by atoms with Crippen molar-refractivity contribution in [2.75, 3.05) is 5.75 Å². The van der Waals surface area contributed by atoms with Gasteiger partial charge in [0.25, 0.3) is 0 Å². The van der Waals surface area contributed by atoms with Crippen LogP contribution in [-0.2, 0) is 17.0 Å². The van der Waals surface area contributed by atoms with Crippen LogP contribution in [0.15, 0.2) is 0 Å². The van der Waals surface area contributed by atoms with Crippen molar-refractivity contribution >= 4 is 17.7 Å². The summed E-state index contributed by atoms with van der Waals surface area (Å²) in [4.78, 5) is 19.5. The van der Waals surface area contributed by atoms with Crippen LogP contribution < -0.4 is 0 Å². The van der Waals surface area contributed by atoms with E-state index in [1.807, 2.05) is 25.6 Å². The van der Waals surface area contributed by atoms with Crippen molar-refractivity contribution in [2.45, 2.75) is 45.8 Å². The molecular weight excluding hydrogens is 248 g/mol. The highest BCUT2D eigenvalue weighted by Crippen LogP contribution is 2.16. The van der Waals surface area contributed by atoms with E-state index >= 15 is 0 Å². The Morgan fingerprint density at radius 1 is 1.28 bits per heavy atom. The number of thioether (sulfide) groups is 1. The van der Waals surface area contributed by atoms with Gasteiger partial charge in [-0.05, 0) is 38.0 Å². The van der Waals surface area contributed by atoms with Gasteiger partial charge in [-0.1, -0.05) is 6.92 Å². The average Bonchev–Trinajstić information content (AvgIpc) is 2.28. The van der Waals surface area contributed by atoms with E-state index in [2.05, 4.69) is 16.9 Å². The minimum absolute atomic E-state index is 0.134. The molecule has 0 spiro atoms. The summed E-state index contributed by atoms with van der Waals surface area (Å²) in [6, 6.07) is 0. The molecule has 0 unspecified atom stereocenters. The first-order valence-electron chi connectivity index (χ1n) is 6.17. The quantitative estimate of drug-likeness (QED) is 0.770. The summed E-state index contributed by atoms with van der Waals surface area (Å²) in [6.07, 6.45) is 1.80. The number of carboxylic acid groups (broad SMARTS) is 1. The number of hydrogen-bond donors (Lipinski definition) is 1. The lowest BCUT2D eigenvalue weighted by molar-refractivity contribution is -0.136. The van der Waals surface area contributed by atoms with Crippen LogP contribution in [0.3, 0.4) is 0 Å². The maximum absolute atomic E-state index is 10.6. The van der Waals surface area contributed by atoms with Crippen molar-refractivity contribution in [3.05, 3.63) is 22.8 Å². The Balaban J connectivity index is 2.74. The Kier molecular flexibility index (Phi) is 6.12. The highest BCUT2D eigenvalue weighted by molar-refractivity contribution is 7.98. The first-order chi connectivity index (χ1) is 8.54. The molecule has 0 aromatic carbocycles. The third-order valence-corrected chi connectivity index (χ3v) is 3.79. The van der Waals surface area contributed by atoms with E-state index in [0.717, 1.165) is 40.7 Å². The molecular formula is C13H20N2O2S. The largest absolute Gasteiger partial charge is 0.481 e. The van der Waals surface area contributed by atoms with Gasteiger partial charge in [0.2, 0.25) is 0 Å². The zero-order valence-electron chi connectivity index (χ0n) is 11.2. The molecule has 4 nitrogen and oxygen atoms in total. The predicted molar refractivity (Wildman–Crippen MR) is 73.9 cm³/mol. The summed E-state index contributed by atoms with van der Waals surface area (Å²) in [5.74, 6) is 2.01. The van der Waals surface area contributed by atoms with E-state index in [1.165, 1.54) is 0 Å². The van der Waals surface area contributed by atoms with Crippen molar-refractivity contribution < 1.29 is 9.90 Å². The summed E-state index contributed by atoms with van der Waals surface area (Å²) >= 11 is 1.83. The van der Waals surface area contributed by atoms with Crippen LogP contribution in [0.2, 0.25) is 0 Å². The molecule has 1 aromatic rings. The van der Waals surface area contributed by atoms with Crippen molar-refractivity contribution in [3.8, 4) is 0 Å². The zero-order valence-corrected chi connectivity index (χ0v) is 12.0. The average molecular weight is 268 g/mol. The fourth-order valence-electron chi connectivity index (χ4n) is 1.78. The first-order valence-corrected chi connectivity index (χ1v) is 7.32. The SMILES string of the molecule is CCCSCc1nc(C)c(CCC(=O)O)c(C)n1.